The molecule has 0 saturated carbocycles. The number of ether oxygens (including phenoxy) is 1. The lowest BCUT2D eigenvalue weighted by atomic mass is 9.85. The van der Waals surface area contributed by atoms with E-state index in [4.69, 9.17) is 14.0 Å². The summed E-state index contributed by atoms with van der Waals surface area (Å²) < 4.78 is 17.4. The molecule has 0 aromatic heterocycles. The molecule has 2 rings (SSSR count). The Bertz CT molecular complexity index is 504. The molecule has 3 nitrogen and oxygen atoms in total. The number of rotatable bonds is 3. The Morgan fingerprint density at radius 1 is 1.10 bits per heavy atom. The van der Waals surface area contributed by atoms with Crippen molar-refractivity contribution in [3.8, 4) is 5.75 Å². The van der Waals surface area contributed by atoms with Crippen LogP contribution in [0.25, 0.3) is 5.57 Å². The third kappa shape index (κ3) is 2.77. The van der Waals surface area contributed by atoms with Crippen molar-refractivity contribution < 1.29 is 14.0 Å². The number of para-hydroxylation sites is 1. The van der Waals surface area contributed by atoms with E-state index < -0.39 is 0 Å². The minimum atomic E-state index is -0.329. The van der Waals surface area contributed by atoms with Crippen LogP contribution < -0.4 is 4.74 Å². The third-order valence-electron chi connectivity index (χ3n) is 4.19. The highest BCUT2D eigenvalue weighted by Crippen LogP contribution is 2.38. The zero-order valence-electron chi connectivity index (χ0n) is 13.2. The number of benzene rings is 1. The number of hydrogen-bond donors (Lipinski definition) is 0. The SMILES string of the molecule is COc1ccccc1C(C)=CB1OC(C)(C)C(C)(C)O1. The quantitative estimate of drug-likeness (QED) is 0.786. The highest BCUT2D eigenvalue weighted by Gasteiger charge is 2.50. The molecule has 1 saturated heterocycles. The molecule has 1 aliphatic heterocycles. The predicted molar refractivity (Wildman–Crippen MR) is 82.7 cm³/mol. The van der Waals surface area contributed by atoms with Gasteiger partial charge in [0.1, 0.15) is 5.75 Å². The van der Waals surface area contributed by atoms with Gasteiger partial charge in [0.15, 0.2) is 0 Å². The summed E-state index contributed by atoms with van der Waals surface area (Å²) >= 11 is 0. The molecule has 1 heterocycles. The first-order valence-electron chi connectivity index (χ1n) is 6.94. The normalized spacial score (nSPS) is 21.1. The zero-order chi connectivity index (χ0) is 15.0. The summed E-state index contributed by atoms with van der Waals surface area (Å²) in [6.45, 7) is 10.3. The molecule has 0 amide bonds. The molecule has 1 fully saturated rings. The summed E-state index contributed by atoms with van der Waals surface area (Å²) in [4.78, 5) is 0. The summed E-state index contributed by atoms with van der Waals surface area (Å²) in [6.07, 6.45) is 0. The summed E-state index contributed by atoms with van der Waals surface area (Å²) in [6, 6.07) is 7.96. The Hall–Kier alpha value is -1.26. The van der Waals surface area contributed by atoms with Gasteiger partial charge in [0.2, 0.25) is 0 Å². The topological polar surface area (TPSA) is 27.7 Å². The van der Waals surface area contributed by atoms with Gasteiger partial charge in [0.05, 0.1) is 18.3 Å². The molecule has 20 heavy (non-hydrogen) atoms. The van der Waals surface area contributed by atoms with E-state index in [1.54, 1.807) is 7.11 Å². The van der Waals surface area contributed by atoms with Crippen LogP contribution in [0.2, 0.25) is 0 Å². The molecule has 4 heteroatoms. The van der Waals surface area contributed by atoms with E-state index in [9.17, 15) is 0 Å². The van der Waals surface area contributed by atoms with Gasteiger partial charge in [-0.1, -0.05) is 24.2 Å². The fourth-order valence-corrected chi connectivity index (χ4v) is 2.22. The average molecular weight is 274 g/mol. The molecule has 0 unspecified atom stereocenters. The van der Waals surface area contributed by atoms with Crippen LogP contribution >= 0.6 is 0 Å². The fourth-order valence-electron chi connectivity index (χ4n) is 2.22. The molecule has 0 bridgehead atoms. The van der Waals surface area contributed by atoms with Gasteiger partial charge in [-0.25, -0.2) is 0 Å². The van der Waals surface area contributed by atoms with Gasteiger partial charge >= 0.3 is 7.12 Å². The summed E-state index contributed by atoms with van der Waals surface area (Å²) in [7, 11) is 1.35. The molecule has 0 N–H and O–H groups in total. The van der Waals surface area contributed by atoms with Gasteiger partial charge in [0.25, 0.3) is 0 Å². The van der Waals surface area contributed by atoms with Crippen LogP contribution in [0.3, 0.4) is 0 Å². The lowest BCUT2D eigenvalue weighted by Crippen LogP contribution is -2.41. The Morgan fingerprint density at radius 3 is 2.20 bits per heavy atom. The number of hydrogen-bond acceptors (Lipinski definition) is 3. The van der Waals surface area contributed by atoms with Crippen molar-refractivity contribution in [1.29, 1.82) is 0 Å². The van der Waals surface area contributed by atoms with Crippen LogP contribution in [0.4, 0.5) is 0 Å². The summed E-state index contributed by atoms with van der Waals surface area (Å²) in [5.74, 6) is 2.87. The Labute approximate surface area is 122 Å². The highest BCUT2D eigenvalue weighted by atomic mass is 16.7. The third-order valence-corrected chi connectivity index (χ3v) is 4.19. The van der Waals surface area contributed by atoms with Crippen molar-refractivity contribution >= 4 is 12.7 Å². The van der Waals surface area contributed by atoms with Crippen molar-refractivity contribution in [3.63, 3.8) is 0 Å². The van der Waals surface area contributed by atoms with Crippen LogP contribution in [0.1, 0.15) is 40.2 Å². The molecule has 1 aromatic rings. The van der Waals surface area contributed by atoms with E-state index in [1.807, 2.05) is 37.2 Å². The Kier molecular flexibility index (Phi) is 3.98. The maximum Gasteiger partial charge on any atom is 0.487 e. The smallest absolute Gasteiger partial charge is 0.487 e. The largest absolute Gasteiger partial charge is 0.496 e. The van der Waals surface area contributed by atoms with Gasteiger partial charge in [-0.3, -0.25) is 0 Å². The van der Waals surface area contributed by atoms with Crippen molar-refractivity contribution in [2.45, 2.75) is 45.8 Å². The minimum Gasteiger partial charge on any atom is -0.496 e. The Morgan fingerprint density at radius 2 is 1.65 bits per heavy atom. The average Bonchev–Trinajstić information content (AvgIpc) is 2.57. The summed E-state index contributed by atoms with van der Waals surface area (Å²) in [5, 5.41) is 0. The zero-order valence-corrected chi connectivity index (χ0v) is 13.2. The second-order valence-electron chi connectivity index (χ2n) is 6.17. The molecular weight excluding hydrogens is 251 g/mol. The maximum absolute atomic E-state index is 5.99. The molecule has 108 valence electrons. The fraction of sp³-hybridized carbons (Fsp3) is 0.500. The summed E-state index contributed by atoms with van der Waals surface area (Å²) in [5.41, 5.74) is 1.52. The second kappa shape index (κ2) is 5.26. The lowest BCUT2D eigenvalue weighted by molar-refractivity contribution is 0.00578. The van der Waals surface area contributed by atoms with Gasteiger partial charge in [-0.15, -0.1) is 0 Å². The molecule has 0 spiro atoms. The maximum atomic E-state index is 5.99. The van der Waals surface area contributed by atoms with Crippen LogP contribution in [0.15, 0.2) is 30.2 Å². The first-order valence-corrected chi connectivity index (χ1v) is 6.94. The second-order valence-corrected chi connectivity index (χ2v) is 6.17. The van der Waals surface area contributed by atoms with Gasteiger partial charge in [0, 0.05) is 5.56 Å². The van der Waals surface area contributed by atoms with E-state index in [-0.39, 0.29) is 18.3 Å². The lowest BCUT2D eigenvalue weighted by Gasteiger charge is -2.32. The van der Waals surface area contributed by atoms with Crippen molar-refractivity contribution in [3.05, 3.63) is 35.8 Å². The number of allylic oxidation sites excluding steroid dienone is 1. The first kappa shape index (κ1) is 15.1. The van der Waals surface area contributed by atoms with E-state index >= 15 is 0 Å². The van der Waals surface area contributed by atoms with E-state index in [0.717, 1.165) is 16.9 Å². The van der Waals surface area contributed by atoms with E-state index in [1.165, 1.54) is 0 Å². The van der Waals surface area contributed by atoms with Crippen LogP contribution in [-0.4, -0.2) is 25.4 Å². The van der Waals surface area contributed by atoms with Crippen molar-refractivity contribution in [2.24, 2.45) is 0 Å². The van der Waals surface area contributed by atoms with Crippen LogP contribution in [0, 0.1) is 0 Å². The molecular formula is C16H23BO3. The van der Waals surface area contributed by atoms with Crippen molar-refractivity contribution in [2.75, 3.05) is 7.11 Å². The monoisotopic (exact) mass is 274 g/mol. The molecule has 1 aromatic carbocycles. The Balaban J connectivity index is 2.24. The molecule has 1 aliphatic rings. The van der Waals surface area contributed by atoms with E-state index in [0.29, 0.717) is 0 Å². The molecule has 0 atom stereocenters. The van der Waals surface area contributed by atoms with Crippen LogP contribution in [-0.2, 0) is 9.31 Å². The van der Waals surface area contributed by atoms with E-state index in [2.05, 4.69) is 27.7 Å². The number of methoxy groups -OCH3 is 1. The van der Waals surface area contributed by atoms with Gasteiger partial charge in [-0.2, -0.15) is 0 Å². The first-order chi connectivity index (χ1) is 9.27. The van der Waals surface area contributed by atoms with Crippen LogP contribution in [0.5, 0.6) is 5.75 Å². The van der Waals surface area contributed by atoms with Gasteiger partial charge < -0.3 is 14.0 Å². The predicted octanol–water partition coefficient (Wildman–Crippen LogP) is 3.73. The molecule has 0 aliphatic carbocycles. The minimum absolute atomic E-state index is 0.310. The highest BCUT2D eigenvalue weighted by molar-refractivity contribution is 6.53. The standard InChI is InChI=1S/C16H23BO3/c1-12(13-9-7-8-10-14(13)18-6)11-17-19-15(2,3)16(4,5)20-17/h7-11H,1-6H3. The molecule has 0 radical (unpaired) electrons. The van der Waals surface area contributed by atoms with Gasteiger partial charge in [-0.05, 0) is 46.3 Å². The van der Waals surface area contributed by atoms with Crippen molar-refractivity contribution in [1.82, 2.24) is 0 Å².